The molecule has 1 N–H and O–H groups in total. The number of aryl methyl sites for hydroxylation is 1. The fraction of sp³-hybridized carbons (Fsp3) is 0.333. The Morgan fingerprint density at radius 3 is 2.10 bits per heavy atom. The van der Waals surface area contributed by atoms with Gasteiger partial charge in [0.1, 0.15) is 12.6 Å². The first kappa shape index (κ1) is 31.2. The Morgan fingerprint density at radius 1 is 0.927 bits per heavy atom. The second kappa shape index (κ2) is 13.5. The number of nitrogens with zero attached hydrogens (tertiary/aromatic N) is 2. The normalized spacial score (nSPS) is 14.5. The van der Waals surface area contributed by atoms with Gasteiger partial charge in [0.25, 0.3) is 10.0 Å². The molecule has 7 nitrogen and oxygen atoms in total. The molecule has 11 heteroatoms. The molecule has 1 atom stereocenters. The number of halogens is 3. The quantitative estimate of drug-likeness (QED) is 0.271. The van der Waals surface area contributed by atoms with Gasteiger partial charge in [0.15, 0.2) is 0 Å². The predicted octanol–water partition coefficient (Wildman–Crippen LogP) is 6.63. The molecule has 1 fully saturated rings. The molecular weight excluding hydrogens is 605 g/mol. The van der Waals surface area contributed by atoms with Crippen LogP contribution in [-0.2, 0) is 26.2 Å². The molecule has 3 aromatic rings. The van der Waals surface area contributed by atoms with Crippen LogP contribution in [0.5, 0.6) is 0 Å². The van der Waals surface area contributed by atoms with Crippen molar-refractivity contribution in [3.8, 4) is 0 Å². The van der Waals surface area contributed by atoms with Crippen molar-refractivity contribution in [2.75, 3.05) is 10.8 Å². The van der Waals surface area contributed by atoms with E-state index < -0.39 is 28.5 Å². The Balaban J connectivity index is 1.71. The topological polar surface area (TPSA) is 86.8 Å². The van der Waals surface area contributed by atoms with Gasteiger partial charge in [0.2, 0.25) is 11.8 Å². The molecule has 0 heterocycles. The highest BCUT2D eigenvalue weighted by Gasteiger charge is 2.34. The van der Waals surface area contributed by atoms with Crippen molar-refractivity contribution in [1.29, 1.82) is 0 Å². The van der Waals surface area contributed by atoms with E-state index in [9.17, 15) is 18.0 Å². The summed E-state index contributed by atoms with van der Waals surface area (Å²) in [5.74, 6) is -0.913. The summed E-state index contributed by atoms with van der Waals surface area (Å²) >= 11 is 18.9. The molecule has 0 aromatic heterocycles. The number of anilines is 1. The molecule has 0 bridgehead atoms. The summed E-state index contributed by atoms with van der Waals surface area (Å²) < 4.78 is 28.8. The van der Waals surface area contributed by atoms with Crippen LogP contribution in [0.15, 0.2) is 71.6 Å². The van der Waals surface area contributed by atoms with E-state index in [1.807, 2.05) is 6.92 Å². The number of hydrogen-bond donors (Lipinski definition) is 1. The van der Waals surface area contributed by atoms with Crippen molar-refractivity contribution in [2.24, 2.45) is 0 Å². The summed E-state index contributed by atoms with van der Waals surface area (Å²) in [4.78, 5) is 28.7. The standard InChI is InChI=1S/C30H32Cl3N3O4S/c1-20-10-14-24(15-11-20)36(41(39,40)25-16-12-22(31)13-17-25)19-29(37)35(18-26-27(32)8-5-9-28(26)33)21(2)30(38)34-23-6-3-4-7-23/h5,8-17,21,23H,3-4,6-7,18-19H2,1-2H3,(H,34,38)/t21-/m1/s1. The van der Waals surface area contributed by atoms with Crippen LogP contribution in [0.25, 0.3) is 0 Å². The molecule has 0 unspecified atom stereocenters. The van der Waals surface area contributed by atoms with E-state index in [0.29, 0.717) is 26.3 Å². The van der Waals surface area contributed by atoms with E-state index in [2.05, 4.69) is 5.32 Å². The number of benzene rings is 3. The van der Waals surface area contributed by atoms with Crippen molar-refractivity contribution >= 4 is 62.3 Å². The van der Waals surface area contributed by atoms with Gasteiger partial charge in [-0.3, -0.25) is 13.9 Å². The summed E-state index contributed by atoms with van der Waals surface area (Å²) in [6.45, 7) is 2.86. The lowest BCUT2D eigenvalue weighted by Crippen LogP contribution is -2.52. The predicted molar refractivity (Wildman–Crippen MR) is 164 cm³/mol. The molecule has 1 aliphatic carbocycles. The van der Waals surface area contributed by atoms with Gasteiger partial charge in [-0.2, -0.15) is 0 Å². The summed E-state index contributed by atoms with van der Waals surface area (Å²) in [7, 11) is -4.19. The van der Waals surface area contributed by atoms with Crippen LogP contribution in [0.2, 0.25) is 15.1 Å². The first-order valence-electron chi connectivity index (χ1n) is 13.3. The Hall–Kier alpha value is -2.78. The SMILES string of the molecule is Cc1ccc(N(CC(=O)N(Cc2c(Cl)cccc2Cl)[C@H](C)C(=O)NC2CCCC2)S(=O)(=O)c2ccc(Cl)cc2)cc1. The maximum absolute atomic E-state index is 14.1. The van der Waals surface area contributed by atoms with Gasteiger partial charge < -0.3 is 10.2 Å². The van der Waals surface area contributed by atoms with Crippen LogP contribution < -0.4 is 9.62 Å². The molecule has 0 radical (unpaired) electrons. The molecule has 0 spiro atoms. The number of nitrogens with one attached hydrogen (secondary N) is 1. The third kappa shape index (κ3) is 7.55. The lowest BCUT2D eigenvalue weighted by Gasteiger charge is -2.33. The summed E-state index contributed by atoms with van der Waals surface area (Å²) in [5, 5.41) is 4.09. The van der Waals surface area contributed by atoms with E-state index in [1.54, 1.807) is 49.4 Å². The third-order valence-electron chi connectivity index (χ3n) is 7.26. The Labute approximate surface area is 256 Å². The van der Waals surface area contributed by atoms with E-state index in [-0.39, 0.29) is 23.4 Å². The van der Waals surface area contributed by atoms with Crippen LogP contribution in [0.4, 0.5) is 5.69 Å². The molecule has 41 heavy (non-hydrogen) atoms. The monoisotopic (exact) mass is 635 g/mol. The van der Waals surface area contributed by atoms with Crippen molar-refractivity contribution in [3.05, 3.63) is 92.9 Å². The molecule has 3 aromatic carbocycles. The number of carbonyl (C=O) groups is 2. The van der Waals surface area contributed by atoms with E-state index >= 15 is 0 Å². The molecule has 4 rings (SSSR count). The highest BCUT2D eigenvalue weighted by atomic mass is 35.5. The van der Waals surface area contributed by atoms with Crippen molar-refractivity contribution in [3.63, 3.8) is 0 Å². The van der Waals surface area contributed by atoms with Crippen LogP contribution >= 0.6 is 34.8 Å². The number of hydrogen-bond acceptors (Lipinski definition) is 4. The zero-order chi connectivity index (χ0) is 29.7. The van der Waals surface area contributed by atoms with Gasteiger partial charge >= 0.3 is 0 Å². The van der Waals surface area contributed by atoms with Crippen LogP contribution in [-0.4, -0.2) is 43.8 Å². The molecule has 1 saturated carbocycles. The summed E-state index contributed by atoms with van der Waals surface area (Å²) in [6.07, 6.45) is 3.82. The number of carbonyl (C=O) groups excluding carboxylic acids is 2. The lowest BCUT2D eigenvalue weighted by molar-refractivity contribution is -0.139. The van der Waals surface area contributed by atoms with Crippen molar-refractivity contribution in [2.45, 2.75) is 63.1 Å². The smallest absolute Gasteiger partial charge is 0.264 e. The third-order valence-corrected chi connectivity index (χ3v) is 10.0. The van der Waals surface area contributed by atoms with E-state index in [1.165, 1.54) is 29.2 Å². The highest BCUT2D eigenvalue weighted by Crippen LogP contribution is 2.29. The van der Waals surface area contributed by atoms with E-state index in [4.69, 9.17) is 34.8 Å². The molecule has 218 valence electrons. The second-order valence-electron chi connectivity index (χ2n) is 10.2. The van der Waals surface area contributed by atoms with E-state index in [0.717, 1.165) is 35.6 Å². The average molecular weight is 637 g/mol. The van der Waals surface area contributed by atoms with Crippen LogP contribution in [0.3, 0.4) is 0 Å². The fourth-order valence-electron chi connectivity index (χ4n) is 4.80. The van der Waals surface area contributed by atoms with Gasteiger partial charge in [-0.05, 0) is 75.2 Å². The minimum absolute atomic E-state index is 0.0250. The Kier molecular flexibility index (Phi) is 10.2. The minimum Gasteiger partial charge on any atom is -0.352 e. The van der Waals surface area contributed by atoms with Gasteiger partial charge in [-0.1, -0.05) is 71.4 Å². The number of sulfonamides is 1. The van der Waals surface area contributed by atoms with Crippen molar-refractivity contribution in [1.82, 2.24) is 10.2 Å². The van der Waals surface area contributed by atoms with Gasteiger partial charge in [0.05, 0.1) is 10.6 Å². The van der Waals surface area contributed by atoms with Gasteiger partial charge in [-0.15, -0.1) is 0 Å². The van der Waals surface area contributed by atoms with Gasteiger partial charge in [-0.25, -0.2) is 8.42 Å². The Morgan fingerprint density at radius 2 is 1.51 bits per heavy atom. The summed E-state index contributed by atoms with van der Waals surface area (Å²) in [6, 6.07) is 16.7. The zero-order valence-corrected chi connectivity index (χ0v) is 25.9. The molecule has 0 saturated heterocycles. The Bertz CT molecular complexity index is 1470. The van der Waals surface area contributed by atoms with Crippen molar-refractivity contribution < 1.29 is 18.0 Å². The van der Waals surface area contributed by atoms with Gasteiger partial charge in [0, 0.05) is 33.2 Å². The maximum atomic E-state index is 14.1. The van der Waals surface area contributed by atoms with Crippen LogP contribution in [0.1, 0.15) is 43.7 Å². The maximum Gasteiger partial charge on any atom is 0.264 e. The highest BCUT2D eigenvalue weighted by molar-refractivity contribution is 7.92. The largest absolute Gasteiger partial charge is 0.352 e. The zero-order valence-electron chi connectivity index (χ0n) is 22.8. The first-order chi connectivity index (χ1) is 19.5. The van der Waals surface area contributed by atoms with Crippen LogP contribution in [0, 0.1) is 6.92 Å². The molecule has 0 aliphatic heterocycles. The summed E-state index contributed by atoms with van der Waals surface area (Å²) in [5.41, 5.74) is 1.70. The molecular formula is C30H32Cl3N3O4S. The molecule has 2 amide bonds. The number of rotatable bonds is 10. The first-order valence-corrected chi connectivity index (χ1v) is 15.9. The average Bonchev–Trinajstić information content (AvgIpc) is 3.45. The number of amides is 2. The fourth-order valence-corrected chi connectivity index (χ4v) is 6.86. The lowest BCUT2D eigenvalue weighted by atomic mass is 10.1. The minimum atomic E-state index is -4.19. The second-order valence-corrected chi connectivity index (χ2v) is 13.3. The molecule has 1 aliphatic rings.